The zero-order chi connectivity index (χ0) is 16.3. The Kier molecular flexibility index (Phi) is 4.19. The van der Waals surface area contributed by atoms with Crippen LogP contribution in [0.25, 0.3) is 0 Å². The summed E-state index contributed by atoms with van der Waals surface area (Å²) in [7, 11) is -2.28. The van der Waals surface area contributed by atoms with E-state index in [4.69, 9.17) is 17.2 Å². The molecule has 0 aliphatic rings. The van der Waals surface area contributed by atoms with Crippen molar-refractivity contribution in [3.63, 3.8) is 0 Å². The summed E-state index contributed by atoms with van der Waals surface area (Å²) in [6, 6.07) is 26.8. The number of benzene rings is 3. The van der Waals surface area contributed by atoms with Crippen molar-refractivity contribution in [2.45, 2.75) is 0 Å². The van der Waals surface area contributed by atoms with Gasteiger partial charge in [0.2, 0.25) is 0 Å². The summed E-state index contributed by atoms with van der Waals surface area (Å²) >= 11 is 0. The fraction of sp³-hybridized carbons (Fsp3) is 0.0526. The number of hydrogen-bond donors (Lipinski definition) is 3. The molecule has 3 aromatic carbocycles. The molecule has 0 fully saturated rings. The van der Waals surface area contributed by atoms with Crippen molar-refractivity contribution in [2.75, 3.05) is 17.6 Å². The molecule has 0 amide bonds. The first-order valence-electron chi connectivity index (χ1n) is 7.64. The summed E-state index contributed by atoms with van der Waals surface area (Å²) in [5.74, 6) is 0. The molecule has 3 rings (SSSR count). The monoisotopic (exact) mass is 319 g/mol. The highest BCUT2D eigenvalue weighted by Gasteiger charge is 2.37. The molecule has 0 saturated carbocycles. The van der Waals surface area contributed by atoms with Crippen LogP contribution in [0, 0.1) is 0 Å². The van der Waals surface area contributed by atoms with Crippen LogP contribution in [0.15, 0.2) is 78.9 Å². The highest BCUT2D eigenvalue weighted by molar-refractivity contribution is 7.11. The van der Waals surface area contributed by atoms with Crippen molar-refractivity contribution < 1.29 is 0 Å². The lowest BCUT2D eigenvalue weighted by Crippen LogP contribution is -2.71. The van der Waals surface area contributed by atoms with E-state index in [0.717, 1.165) is 11.4 Å². The SMILES string of the molecule is NC[Si](c1ccccc1)(c1ccc(N)cc1)c1ccc(N)cc1. The van der Waals surface area contributed by atoms with Crippen molar-refractivity contribution in [1.82, 2.24) is 0 Å². The summed E-state index contributed by atoms with van der Waals surface area (Å²) in [6.45, 7) is 0. The smallest absolute Gasteiger partial charge is 0.161 e. The van der Waals surface area contributed by atoms with Crippen LogP contribution in [0.1, 0.15) is 0 Å². The molecule has 0 aliphatic carbocycles. The van der Waals surface area contributed by atoms with Crippen LogP contribution in [-0.2, 0) is 0 Å². The first-order chi connectivity index (χ1) is 11.2. The van der Waals surface area contributed by atoms with Gasteiger partial charge in [-0.2, -0.15) is 0 Å². The van der Waals surface area contributed by atoms with Gasteiger partial charge in [-0.3, -0.25) is 0 Å². The maximum absolute atomic E-state index is 6.38. The van der Waals surface area contributed by atoms with Gasteiger partial charge in [-0.05, 0) is 46.0 Å². The molecule has 0 aromatic heterocycles. The lowest BCUT2D eigenvalue weighted by atomic mass is 10.3. The van der Waals surface area contributed by atoms with Gasteiger partial charge in [0.1, 0.15) is 0 Å². The molecule has 6 N–H and O–H groups in total. The van der Waals surface area contributed by atoms with Gasteiger partial charge in [0.05, 0.1) is 0 Å². The van der Waals surface area contributed by atoms with E-state index in [2.05, 4.69) is 48.5 Å². The Morgan fingerprint density at radius 2 is 0.957 bits per heavy atom. The van der Waals surface area contributed by atoms with Crippen molar-refractivity contribution in [3.8, 4) is 0 Å². The molecule has 23 heavy (non-hydrogen) atoms. The van der Waals surface area contributed by atoms with Crippen molar-refractivity contribution in [1.29, 1.82) is 0 Å². The molecule has 3 nitrogen and oxygen atoms in total. The maximum atomic E-state index is 6.38. The Balaban J connectivity index is 2.27. The van der Waals surface area contributed by atoms with Crippen LogP contribution >= 0.6 is 0 Å². The molecular formula is C19H21N3Si. The quantitative estimate of drug-likeness (QED) is 0.378. The highest BCUT2D eigenvalue weighted by Crippen LogP contribution is 2.09. The Hall–Kier alpha value is -2.56. The summed E-state index contributed by atoms with van der Waals surface area (Å²) in [4.78, 5) is 0. The molecule has 0 spiro atoms. The molecule has 0 bridgehead atoms. The number of nitrogen functional groups attached to an aromatic ring is 2. The zero-order valence-electron chi connectivity index (χ0n) is 12.9. The van der Waals surface area contributed by atoms with Crippen molar-refractivity contribution >= 4 is 35.0 Å². The predicted molar refractivity (Wildman–Crippen MR) is 102 cm³/mol. The Morgan fingerprint density at radius 3 is 1.35 bits per heavy atom. The fourth-order valence-corrected chi connectivity index (χ4v) is 7.05. The molecule has 0 unspecified atom stereocenters. The van der Waals surface area contributed by atoms with Crippen molar-refractivity contribution in [3.05, 3.63) is 78.9 Å². The first kappa shape index (κ1) is 15.3. The van der Waals surface area contributed by atoms with Crippen LogP contribution in [-0.4, -0.2) is 14.2 Å². The standard InChI is InChI=1S/C19H21N3Si/c20-14-23(17-4-2-1-3-5-17,18-10-6-15(21)7-11-18)19-12-8-16(22)9-13-19/h1-13H,14,20-22H2. The van der Waals surface area contributed by atoms with E-state index in [0.29, 0.717) is 6.17 Å². The number of hydrogen-bond acceptors (Lipinski definition) is 3. The Labute approximate surface area is 137 Å². The topological polar surface area (TPSA) is 78.1 Å². The van der Waals surface area contributed by atoms with Crippen LogP contribution in [0.2, 0.25) is 0 Å². The van der Waals surface area contributed by atoms with Gasteiger partial charge < -0.3 is 17.2 Å². The summed E-state index contributed by atoms with van der Waals surface area (Å²) in [5.41, 5.74) is 19.7. The van der Waals surface area contributed by atoms with E-state index in [1.165, 1.54) is 15.6 Å². The van der Waals surface area contributed by atoms with Crippen LogP contribution < -0.4 is 32.8 Å². The molecule has 0 heterocycles. The van der Waals surface area contributed by atoms with E-state index in [1.54, 1.807) is 0 Å². The van der Waals surface area contributed by atoms with Crippen LogP contribution in [0.4, 0.5) is 11.4 Å². The van der Waals surface area contributed by atoms with Crippen LogP contribution in [0.5, 0.6) is 0 Å². The van der Waals surface area contributed by atoms with Crippen molar-refractivity contribution in [2.24, 2.45) is 5.73 Å². The Bertz CT molecular complexity index is 722. The molecule has 0 radical (unpaired) electrons. The fourth-order valence-electron chi connectivity index (χ4n) is 3.11. The van der Waals surface area contributed by atoms with E-state index in [-0.39, 0.29) is 0 Å². The average Bonchev–Trinajstić information content (AvgIpc) is 2.60. The van der Waals surface area contributed by atoms with Gasteiger partial charge in [0, 0.05) is 11.4 Å². The largest absolute Gasteiger partial charge is 0.399 e. The van der Waals surface area contributed by atoms with Gasteiger partial charge in [0.15, 0.2) is 8.07 Å². The van der Waals surface area contributed by atoms with Gasteiger partial charge in [-0.1, -0.05) is 54.6 Å². The average molecular weight is 319 g/mol. The van der Waals surface area contributed by atoms with E-state index < -0.39 is 8.07 Å². The van der Waals surface area contributed by atoms with Gasteiger partial charge in [0.25, 0.3) is 0 Å². The minimum atomic E-state index is -2.28. The van der Waals surface area contributed by atoms with Crippen LogP contribution in [0.3, 0.4) is 0 Å². The third kappa shape index (κ3) is 2.74. The highest BCUT2D eigenvalue weighted by atomic mass is 28.3. The Morgan fingerprint density at radius 1 is 0.565 bits per heavy atom. The second-order valence-corrected chi connectivity index (χ2v) is 9.67. The third-order valence-corrected chi connectivity index (χ3v) is 8.95. The predicted octanol–water partition coefficient (Wildman–Crippen LogP) is 0.819. The number of anilines is 2. The first-order valence-corrected chi connectivity index (χ1v) is 9.85. The molecule has 4 heteroatoms. The lowest BCUT2D eigenvalue weighted by molar-refractivity contribution is 1.33. The molecular weight excluding hydrogens is 298 g/mol. The molecule has 116 valence electrons. The lowest BCUT2D eigenvalue weighted by Gasteiger charge is -2.32. The minimum absolute atomic E-state index is 0.588. The summed E-state index contributed by atoms with van der Waals surface area (Å²) in [5, 5.41) is 3.80. The van der Waals surface area contributed by atoms with Gasteiger partial charge >= 0.3 is 0 Å². The second-order valence-electron chi connectivity index (χ2n) is 5.72. The minimum Gasteiger partial charge on any atom is -0.399 e. The summed E-state index contributed by atoms with van der Waals surface area (Å²) < 4.78 is 0. The molecule has 0 saturated heterocycles. The van der Waals surface area contributed by atoms with Gasteiger partial charge in [-0.25, -0.2) is 0 Å². The second kappa shape index (κ2) is 6.28. The normalized spacial score (nSPS) is 11.3. The molecule has 3 aromatic rings. The summed E-state index contributed by atoms with van der Waals surface area (Å²) in [6.07, 6.45) is 0.588. The number of rotatable bonds is 4. The maximum Gasteiger partial charge on any atom is 0.161 e. The zero-order valence-corrected chi connectivity index (χ0v) is 13.9. The van der Waals surface area contributed by atoms with E-state index in [9.17, 15) is 0 Å². The molecule has 0 atom stereocenters. The molecule has 0 aliphatic heterocycles. The van der Waals surface area contributed by atoms with E-state index in [1.807, 2.05) is 30.3 Å². The number of nitrogens with two attached hydrogens (primary N) is 3. The third-order valence-electron chi connectivity index (χ3n) is 4.38. The van der Waals surface area contributed by atoms with E-state index >= 15 is 0 Å². The van der Waals surface area contributed by atoms with Gasteiger partial charge in [-0.15, -0.1) is 0 Å².